The lowest BCUT2D eigenvalue weighted by Gasteiger charge is -2.23. The molecule has 4 rings (SSSR count). The second-order valence-corrected chi connectivity index (χ2v) is 10.1. The van der Waals surface area contributed by atoms with Gasteiger partial charge >= 0.3 is 0 Å². The van der Waals surface area contributed by atoms with Crippen LogP contribution in [0.25, 0.3) is 0 Å². The van der Waals surface area contributed by atoms with Crippen molar-refractivity contribution in [1.29, 1.82) is 0 Å². The van der Waals surface area contributed by atoms with E-state index in [-0.39, 0.29) is 11.9 Å². The molecule has 36 heavy (non-hydrogen) atoms. The van der Waals surface area contributed by atoms with E-state index >= 15 is 4.39 Å². The number of nitrogens with one attached hydrogen (secondary N) is 1. The predicted molar refractivity (Wildman–Crippen MR) is 146 cm³/mol. The Balaban J connectivity index is 1.59. The highest BCUT2D eigenvalue weighted by molar-refractivity contribution is 8.00. The minimum Gasteiger partial charge on any atom is -0.497 e. The molecule has 0 aliphatic rings. The lowest BCUT2D eigenvalue weighted by molar-refractivity contribution is 0.391. The molecular formula is C26H26ClFN4O2S2. The standard InChI is InChI=1S/C26H26ClFN4O2S2/c1-4-22(17-6-5-9-29-15-17)31-23-14-21(28)25(13-20(23)27)36-32(26-30-10-11-35-26)16-18-7-8-19(33-2)12-24(18)34-3/h5-15,22,31H,4,16H2,1-3H3. The highest BCUT2D eigenvalue weighted by Gasteiger charge is 2.20. The van der Waals surface area contributed by atoms with Crippen LogP contribution in [0.3, 0.4) is 0 Å². The van der Waals surface area contributed by atoms with Crippen LogP contribution < -0.4 is 19.1 Å². The average molecular weight is 545 g/mol. The van der Waals surface area contributed by atoms with Crippen LogP contribution in [0.5, 0.6) is 11.5 Å². The number of benzene rings is 2. The maximum atomic E-state index is 15.4. The molecule has 4 aromatic rings. The van der Waals surface area contributed by atoms with E-state index in [1.165, 1.54) is 29.4 Å². The zero-order chi connectivity index (χ0) is 25.5. The van der Waals surface area contributed by atoms with Crippen molar-refractivity contribution in [2.75, 3.05) is 23.8 Å². The summed E-state index contributed by atoms with van der Waals surface area (Å²) in [5.74, 6) is 0.994. The second kappa shape index (κ2) is 12.3. The van der Waals surface area contributed by atoms with Crippen molar-refractivity contribution in [3.8, 4) is 11.5 Å². The molecule has 0 bridgehead atoms. The number of pyridine rings is 1. The highest BCUT2D eigenvalue weighted by atomic mass is 35.5. The fourth-order valence-electron chi connectivity index (χ4n) is 3.63. The third kappa shape index (κ3) is 6.21. The van der Waals surface area contributed by atoms with Crippen molar-refractivity contribution in [3.63, 3.8) is 0 Å². The molecule has 0 aliphatic heterocycles. The van der Waals surface area contributed by atoms with Gasteiger partial charge < -0.3 is 14.8 Å². The molecule has 1 atom stereocenters. The first-order valence-corrected chi connectivity index (χ1v) is 13.3. The number of rotatable bonds is 11. The Kier molecular flexibility index (Phi) is 8.90. The van der Waals surface area contributed by atoms with E-state index in [0.717, 1.165) is 22.7 Å². The maximum Gasteiger partial charge on any atom is 0.195 e. The molecule has 0 saturated heterocycles. The van der Waals surface area contributed by atoms with Gasteiger partial charge in [-0.25, -0.2) is 9.37 Å². The molecule has 6 nitrogen and oxygen atoms in total. The Bertz CT molecular complexity index is 1280. The monoisotopic (exact) mass is 544 g/mol. The van der Waals surface area contributed by atoms with E-state index < -0.39 is 0 Å². The molecule has 188 valence electrons. The first-order chi connectivity index (χ1) is 17.5. The zero-order valence-electron chi connectivity index (χ0n) is 20.1. The van der Waals surface area contributed by atoms with Gasteiger partial charge in [0.05, 0.1) is 42.4 Å². The summed E-state index contributed by atoms with van der Waals surface area (Å²) in [6, 6.07) is 12.5. The number of aromatic nitrogens is 2. The molecule has 2 aromatic carbocycles. The molecule has 1 unspecified atom stereocenters. The smallest absolute Gasteiger partial charge is 0.195 e. The van der Waals surface area contributed by atoms with E-state index in [1.54, 1.807) is 38.9 Å². The topological polar surface area (TPSA) is 59.5 Å². The van der Waals surface area contributed by atoms with Gasteiger partial charge in [-0.15, -0.1) is 11.3 Å². The van der Waals surface area contributed by atoms with Gasteiger partial charge in [-0.1, -0.05) is 24.6 Å². The molecule has 0 spiro atoms. The summed E-state index contributed by atoms with van der Waals surface area (Å²) < 4.78 is 28.1. The van der Waals surface area contributed by atoms with Crippen LogP contribution in [0, 0.1) is 5.82 Å². The number of halogens is 2. The first kappa shape index (κ1) is 26.1. The second-order valence-electron chi connectivity index (χ2n) is 7.77. The summed E-state index contributed by atoms with van der Waals surface area (Å²) in [6.07, 6.45) is 6.04. The van der Waals surface area contributed by atoms with Crippen molar-refractivity contribution >= 4 is 45.7 Å². The fraction of sp³-hybridized carbons (Fsp3) is 0.231. The number of hydrogen-bond donors (Lipinski definition) is 1. The Morgan fingerprint density at radius 3 is 2.69 bits per heavy atom. The van der Waals surface area contributed by atoms with Gasteiger partial charge in [0.2, 0.25) is 0 Å². The molecule has 0 amide bonds. The fourth-order valence-corrected chi connectivity index (χ4v) is 5.59. The van der Waals surface area contributed by atoms with E-state index in [0.29, 0.717) is 33.6 Å². The third-order valence-electron chi connectivity index (χ3n) is 5.50. The van der Waals surface area contributed by atoms with Crippen LogP contribution in [0.4, 0.5) is 15.2 Å². The summed E-state index contributed by atoms with van der Waals surface area (Å²) in [5, 5.41) is 6.40. The Labute approximate surface area is 223 Å². The number of thiazole rings is 1. The van der Waals surface area contributed by atoms with Crippen LogP contribution in [0.2, 0.25) is 5.02 Å². The van der Waals surface area contributed by atoms with Crippen LogP contribution in [-0.4, -0.2) is 24.2 Å². The van der Waals surface area contributed by atoms with Crippen molar-refractivity contribution < 1.29 is 13.9 Å². The molecule has 2 heterocycles. The SMILES string of the molecule is CCC(Nc1cc(F)c(SN(Cc2ccc(OC)cc2OC)c2nccs2)cc1Cl)c1cccnc1. The highest BCUT2D eigenvalue weighted by Crippen LogP contribution is 2.39. The molecule has 0 aliphatic carbocycles. The number of hydrogen-bond acceptors (Lipinski definition) is 8. The van der Waals surface area contributed by atoms with Crippen LogP contribution >= 0.6 is 34.9 Å². The number of ether oxygens (including phenoxy) is 2. The van der Waals surface area contributed by atoms with Gasteiger partial charge in [-0.2, -0.15) is 0 Å². The van der Waals surface area contributed by atoms with Crippen LogP contribution in [0.15, 0.2) is 71.3 Å². The largest absolute Gasteiger partial charge is 0.497 e. The minimum absolute atomic E-state index is 0.0385. The van der Waals surface area contributed by atoms with E-state index in [1.807, 2.05) is 40.0 Å². The lowest BCUT2D eigenvalue weighted by Crippen LogP contribution is -2.15. The number of anilines is 2. The summed E-state index contributed by atoms with van der Waals surface area (Å²) >= 11 is 9.32. The molecule has 0 saturated carbocycles. The summed E-state index contributed by atoms with van der Waals surface area (Å²) in [4.78, 5) is 9.01. The average Bonchev–Trinajstić information content (AvgIpc) is 3.45. The Morgan fingerprint density at radius 1 is 1.17 bits per heavy atom. The van der Waals surface area contributed by atoms with Crippen LogP contribution in [0.1, 0.15) is 30.5 Å². The van der Waals surface area contributed by atoms with Gasteiger partial charge in [0.15, 0.2) is 5.13 Å². The first-order valence-electron chi connectivity index (χ1n) is 11.2. The molecule has 0 radical (unpaired) electrons. The number of nitrogens with zero attached hydrogens (tertiary/aromatic N) is 3. The Hall–Kier alpha value is -3.01. The van der Waals surface area contributed by atoms with Gasteiger partial charge in [0.1, 0.15) is 17.3 Å². The molecule has 10 heteroatoms. The van der Waals surface area contributed by atoms with Crippen molar-refractivity contribution in [1.82, 2.24) is 9.97 Å². The molecule has 2 aromatic heterocycles. The third-order valence-corrected chi connectivity index (χ3v) is 7.75. The van der Waals surface area contributed by atoms with Gasteiger partial charge in [-0.3, -0.25) is 9.29 Å². The quantitative estimate of drug-likeness (QED) is 0.195. The van der Waals surface area contributed by atoms with Gasteiger partial charge in [0.25, 0.3) is 0 Å². The van der Waals surface area contributed by atoms with Gasteiger partial charge in [0, 0.05) is 35.6 Å². The maximum absolute atomic E-state index is 15.4. The molecular weight excluding hydrogens is 519 g/mol. The van der Waals surface area contributed by atoms with E-state index in [2.05, 4.69) is 22.2 Å². The molecule has 0 fully saturated rings. The normalized spacial score (nSPS) is 11.7. The number of methoxy groups -OCH3 is 2. The summed E-state index contributed by atoms with van der Waals surface area (Å²) in [6.45, 7) is 2.49. The van der Waals surface area contributed by atoms with E-state index in [4.69, 9.17) is 21.1 Å². The zero-order valence-corrected chi connectivity index (χ0v) is 22.5. The van der Waals surface area contributed by atoms with Gasteiger partial charge in [-0.05, 0) is 54.3 Å². The van der Waals surface area contributed by atoms with Crippen molar-refractivity contribution in [2.24, 2.45) is 0 Å². The van der Waals surface area contributed by atoms with Crippen molar-refractivity contribution in [3.05, 3.63) is 88.4 Å². The molecule has 1 N–H and O–H groups in total. The minimum atomic E-state index is -0.379. The summed E-state index contributed by atoms with van der Waals surface area (Å²) in [5.41, 5.74) is 2.46. The Morgan fingerprint density at radius 2 is 2.03 bits per heavy atom. The lowest BCUT2D eigenvalue weighted by atomic mass is 10.1. The van der Waals surface area contributed by atoms with E-state index in [9.17, 15) is 0 Å². The summed E-state index contributed by atoms with van der Waals surface area (Å²) in [7, 11) is 3.22. The van der Waals surface area contributed by atoms with Crippen molar-refractivity contribution in [2.45, 2.75) is 30.8 Å². The predicted octanol–water partition coefficient (Wildman–Crippen LogP) is 7.62. The van der Waals surface area contributed by atoms with Crippen LogP contribution in [-0.2, 0) is 6.54 Å².